The van der Waals surface area contributed by atoms with Crippen LogP contribution < -0.4 is 0 Å². The largest absolute Gasteiger partial charge is 0.456 e. The SMILES string of the molecule is C#CCCC[C@@H](C=C)OC(=O)[C@@](C)(OC)c1ccccc1. The van der Waals surface area contributed by atoms with Crippen molar-refractivity contribution in [3.05, 3.63) is 48.6 Å². The van der Waals surface area contributed by atoms with Crippen molar-refractivity contribution in [1.82, 2.24) is 0 Å². The lowest BCUT2D eigenvalue weighted by Crippen LogP contribution is -2.38. The Morgan fingerprint density at radius 1 is 1.48 bits per heavy atom. The fourth-order valence-electron chi connectivity index (χ4n) is 1.96. The predicted molar refractivity (Wildman–Crippen MR) is 83.6 cm³/mol. The number of rotatable bonds is 8. The molecule has 1 rings (SSSR count). The van der Waals surface area contributed by atoms with Gasteiger partial charge in [0.15, 0.2) is 5.60 Å². The molecule has 0 aromatic heterocycles. The average Bonchev–Trinajstić information content (AvgIpc) is 2.53. The molecule has 1 aromatic carbocycles. The Hall–Kier alpha value is -2.05. The number of ether oxygens (including phenoxy) is 2. The molecule has 0 aliphatic carbocycles. The summed E-state index contributed by atoms with van der Waals surface area (Å²) in [5.74, 6) is 2.14. The lowest BCUT2D eigenvalue weighted by molar-refractivity contribution is -0.172. The summed E-state index contributed by atoms with van der Waals surface area (Å²) < 4.78 is 10.9. The molecule has 0 saturated heterocycles. The van der Waals surface area contributed by atoms with Crippen molar-refractivity contribution >= 4 is 5.97 Å². The van der Waals surface area contributed by atoms with Gasteiger partial charge in [-0.1, -0.05) is 43.0 Å². The normalized spacial score (nSPS) is 14.5. The summed E-state index contributed by atoms with van der Waals surface area (Å²) in [5.41, 5.74) is -0.377. The van der Waals surface area contributed by atoms with Crippen molar-refractivity contribution < 1.29 is 14.3 Å². The van der Waals surface area contributed by atoms with Crippen LogP contribution in [0.15, 0.2) is 43.0 Å². The van der Waals surface area contributed by atoms with E-state index in [1.54, 1.807) is 13.0 Å². The van der Waals surface area contributed by atoms with Crippen molar-refractivity contribution in [2.75, 3.05) is 7.11 Å². The molecular weight excluding hydrogens is 264 g/mol. The molecule has 0 amide bonds. The summed E-state index contributed by atoms with van der Waals surface area (Å²) in [4.78, 5) is 12.5. The molecule has 0 aliphatic heterocycles. The summed E-state index contributed by atoms with van der Waals surface area (Å²) in [6.07, 6.45) is 8.59. The van der Waals surface area contributed by atoms with Gasteiger partial charge in [0.05, 0.1) is 0 Å². The van der Waals surface area contributed by atoms with Gasteiger partial charge < -0.3 is 9.47 Å². The first kappa shape index (κ1) is 17.0. The van der Waals surface area contributed by atoms with E-state index in [0.29, 0.717) is 12.8 Å². The minimum atomic E-state index is -1.13. The number of carbonyl (C=O) groups is 1. The van der Waals surface area contributed by atoms with Gasteiger partial charge >= 0.3 is 5.97 Å². The van der Waals surface area contributed by atoms with Crippen molar-refractivity contribution in [3.63, 3.8) is 0 Å². The van der Waals surface area contributed by atoms with Crippen LogP contribution in [-0.2, 0) is 19.9 Å². The van der Waals surface area contributed by atoms with Gasteiger partial charge in [0.2, 0.25) is 0 Å². The zero-order valence-corrected chi connectivity index (χ0v) is 12.7. The molecule has 0 aliphatic rings. The third kappa shape index (κ3) is 4.47. The second-order valence-electron chi connectivity index (χ2n) is 4.88. The van der Waals surface area contributed by atoms with E-state index in [-0.39, 0.29) is 6.10 Å². The maximum Gasteiger partial charge on any atom is 0.343 e. The second-order valence-corrected chi connectivity index (χ2v) is 4.88. The van der Waals surface area contributed by atoms with Gasteiger partial charge in [-0.25, -0.2) is 4.79 Å². The van der Waals surface area contributed by atoms with Gasteiger partial charge in [0.1, 0.15) is 6.10 Å². The summed E-state index contributed by atoms with van der Waals surface area (Å²) >= 11 is 0. The molecule has 0 fully saturated rings. The van der Waals surface area contributed by atoms with Gasteiger partial charge in [0.25, 0.3) is 0 Å². The maximum atomic E-state index is 12.5. The Labute approximate surface area is 127 Å². The number of carbonyl (C=O) groups excluding carboxylic acids is 1. The van der Waals surface area contributed by atoms with Crippen molar-refractivity contribution in [2.45, 2.75) is 37.9 Å². The van der Waals surface area contributed by atoms with E-state index in [9.17, 15) is 4.79 Å². The molecule has 0 unspecified atom stereocenters. The predicted octanol–water partition coefficient (Wildman–Crippen LogP) is 3.45. The monoisotopic (exact) mass is 286 g/mol. The molecule has 0 heterocycles. The molecule has 21 heavy (non-hydrogen) atoms. The summed E-state index contributed by atoms with van der Waals surface area (Å²) in [5, 5.41) is 0. The first-order valence-electron chi connectivity index (χ1n) is 6.96. The molecule has 112 valence electrons. The summed E-state index contributed by atoms with van der Waals surface area (Å²) in [6.45, 7) is 5.40. The van der Waals surface area contributed by atoms with Crippen LogP contribution in [0.2, 0.25) is 0 Å². The van der Waals surface area contributed by atoms with Crippen LogP contribution in [0, 0.1) is 12.3 Å². The van der Waals surface area contributed by atoms with Crippen LogP contribution in [-0.4, -0.2) is 19.2 Å². The highest BCUT2D eigenvalue weighted by Gasteiger charge is 2.37. The lowest BCUT2D eigenvalue weighted by Gasteiger charge is -2.28. The number of benzene rings is 1. The van der Waals surface area contributed by atoms with E-state index < -0.39 is 11.6 Å². The molecule has 0 N–H and O–H groups in total. The smallest absolute Gasteiger partial charge is 0.343 e. The lowest BCUT2D eigenvalue weighted by atomic mass is 9.96. The van der Waals surface area contributed by atoms with Crippen LogP contribution >= 0.6 is 0 Å². The van der Waals surface area contributed by atoms with Crippen LogP contribution in [0.3, 0.4) is 0 Å². The van der Waals surface area contributed by atoms with E-state index in [4.69, 9.17) is 15.9 Å². The minimum Gasteiger partial charge on any atom is -0.456 e. The van der Waals surface area contributed by atoms with Crippen LogP contribution in [0.5, 0.6) is 0 Å². The highest BCUT2D eigenvalue weighted by Crippen LogP contribution is 2.27. The second kappa shape index (κ2) is 8.28. The highest BCUT2D eigenvalue weighted by atomic mass is 16.6. The quantitative estimate of drug-likeness (QED) is 0.318. The molecule has 3 nitrogen and oxygen atoms in total. The molecule has 0 spiro atoms. The molecular formula is C18H22O3. The fourth-order valence-corrected chi connectivity index (χ4v) is 1.96. The van der Waals surface area contributed by atoms with Gasteiger partial charge in [0, 0.05) is 13.5 Å². The molecule has 3 heteroatoms. The Morgan fingerprint density at radius 2 is 2.14 bits per heavy atom. The number of esters is 1. The number of hydrogen-bond acceptors (Lipinski definition) is 3. The Balaban J connectivity index is 2.79. The van der Waals surface area contributed by atoms with Gasteiger partial charge in [-0.3, -0.25) is 0 Å². The van der Waals surface area contributed by atoms with Gasteiger partial charge in [-0.05, 0) is 25.3 Å². The van der Waals surface area contributed by atoms with Crippen LogP contribution in [0.25, 0.3) is 0 Å². The molecule has 2 atom stereocenters. The maximum absolute atomic E-state index is 12.5. The first-order chi connectivity index (χ1) is 10.1. The van der Waals surface area contributed by atoms with E-state index in [2.05, 4.69) is 12.5 Å². The zero-order chi connectivity index (χ0) is 15.7. The van der Waals surface area contributed by atoms with Crippen molar-refractivity contribution in [3.8, 4) is 12.3 Å². The number of methoxy groups -OCH3 is 1. The fraction of sp³-hybridized carbons (Fsp3) is 0.389. The van der Waals surface area contributed by atoms with E-state index in [1.165, 1.54) is 7.11 Å². The summed E-state index contributed by atoms with van der Waals surface area (Å²) in [6, 6.07) is 9.28. The van der Waals surface area contributed by atoms with Crippen molar-refractivity contribution in [1.29, 1.82) is 0 Å². The molecule has 0 bridgehead atoms. The Bertz CT molecular complexity index is 501. The number of unbranched alkanes of at least 4 members (excludes halogenated alkanes) is 1. The Kier molecular flexibility index (Phi) is 6.71. The molecule has 0 saturated carbocycles. The highest BCUT2D eigenvalue weighted by molar-refractivity contribution is 5.81. The summed E-state index contributed by atoms with van der Waals surface area (Å²) in [7, 11) is 1.50. The number of terminal acetylenes is 1. The van der Waals surface area contributed by atoms with E-state index in [0.717, 1.165) is 12.0 Å². The van der Waals surface area contributed by atoms with Crippen LogP contribution in [0.1, 0.15) is 31.7 Å². The third-order valence-electron chi connectivity index (χ3n) is 3.45. The standard InChI is InChI=1S/C18H22O3/c1-5-7-9-14-16(6-2)21-17(19)18(3,20-4)15-12-10-8-11-13-15/h1,6,8,10-13,16H,2,7,9,14H2,3-4H3/t16-,18+/m1/s1. The molecule has 0 radical (unpaired) electrons. The third-order valence-corrected chi connectivity index (χ3v) is 3.45. The van der Waals surface area contributed by atoms with Gasteiger partial charge in [-0.15, -0.1) is 12.3 Å². The van der Waals surface area contributed by atoms with E-state index >= 15 is 0 Å². The zero-order valence-electron chi connectivity index (χ0n) is 12.7. The molecule has 1 aromatic rings. The topological polar surface area (TPSA) is 35.5 Å². The Morgan fingerprint density at radius 3 is 2.67 bits per heavy atom. The van der Waals surface area contributed by atoms with Gasteiger partial charge in [-0.2, -0.15) is 0 Å². The minimum absolute atomic E-state index is 0.357. The first-order valence-corrected chi connectivity index (χ1v) is 6.96. The average molecular weight is 286 g/mol. The van der Waals surface area contributed by atoms with Crippen molar-refractivity contribution in [2.24, 2.45) is 0 Å². The number of hydrogen-bond donors (Lipinski definition) is 0. The van der Waals surface area contributed by atoms with Crippen LogP contribution in [0.4, 0.5) is 0 Å². The van der Waals surface area contributed by atoms with E-state index in [1.807, 2.05) is 30.3 Å².